The third kappa shape index (κ3) is 4.74. The fourth-order valence-electron chi connectivity index (χ4n) is 4.22. The largest absolute Gasteiger partial charge is 0.380 e. The van der Waals surface area contributed by atoms with Crippen LogP contribution in [0.5, 0.6) is 0 Å². The fraction of sp³-hybridized carbons (Fsp3) is 0.100. The van der Waals surface area contributed by atoms with Crippen LogP contribution in [0.4, 0.5) is 0 Å². The topological polar surface area (TPSA) is 89.8 Å². The molecular formula is C30H23N3O2. The van der Waals surface area contributed by atoms with Gasteiger partial charge in [-0.3, -0.25) is 4.79 Å². The summed E-state index contributed by atoms with van der Waals surface area (Å²) < 4.78 is 0. The van der Waals surface area contributed by atoms with Gasteiger partial charge in [-0.05, 0) is 41.3 Å². The Morgan fingerprint density at radius 2 is 1.60 bits per heavy atom. The molecule has 4 aromatic carbocycles. The summed E-state index contributed by atoms with van der Waals surface area (Å²) in [6.07, 6.45) is 0.284. The third-order valence-corrected chi connectivity index (χ3v) is 6.15. The average molecular weight is 458 g/mol. The molecule has 0 spiro atoms. The molecule has 1 atom stereocenters. The molecule has 0 amide bonds. The van der Waals surface area contributed by atoms with Crippen molar-refractivity contribution in [2.75, 3.05) is 0 Å². The highest BCUT2D eigenvalue weighted by Crippen LogP contribution is 2.28. The van der Waals surface area contributed by atoms with Crippen LogP contribution in [0.25, 0.3) is 22.2 Å². The fourth-order valence-corrected chi connectivity index (χ4v) is 4.22. The first-order valence-corrected chi connectivity index (χ1v) is 11.5. The van der Waals surface area contributed by atoms with Crippen LogP contribution in [0.3, 0.4) is 0 Å². The number of ketones is 1. The number of aromatic amines is 1. The number of aliphatic hydroxyl groups excluding tert-OH is 1. The van der Waals surface area contributed by atoms with Gasteiger partial charge in [-0.15, -0.1) is 0 Å². The molecule has 5 rings (SSSR count). The molecule has 2 N–H and O–H groups in total. The van der Waals surface area contributed by atoms with Gasteiger partial charge < -0.3 is 10.1 Å². The second kappa shape index (κ2) is 9.76. The van der Waals surface area contributed by atoms with Crippen LogP contribution in [-0.4, -0.2) is 20.9 Å². The van der Waals surface area contributed by atoms with Gasteiger partial charge in [-0.2, -0.15) is 5.26 Å². The number of imidazole rings is 1. The van der Waals surface area contributed by atoms with Gasteiger partial charge in [-0.1, -0.05) is 78.9 Å². The van der Waals surface area contributed by atoms with E-state index in [2.05, 4.69) is 28.2 Å². The van der Waals surface area contributed by atoms with Crippen molar-refractivity contribution < 1.29 is 9.90 Å². The number of para-hydroxylation sites is 2. The van der Waals surface area contributed by atoms with Gasteiger partial charge in [0.2, 0.25) is 0 Å². The summed E-state index contributed by atoms with van der Waals surface area (Å²) in [4.78, 5) is 20.7. The van der Waals surface area contributed by atoms with Crippen molar-refractivity contribution in [1.82, 2.24) is 9.97 Å². The van der Waals surface area contributed by atoms with E-state index >= 15 is 0 Å². The zero-order chi connectivity index (χ0) is 24.2. The quantitative estimate of drug-likeness (QED) is 0.302. The van der Waals surface area contributed by atoms with Gasteiger partial charge in [0.25, 0.3) is 0 Å². The molecular weight excluding hydrogens is 434 g/mol. The maximum atomic E-state index is 12.7. The van der Waals surface area contributed by atoms with Crippen LogP contribution in [0.1, 0.15) is 39.0 Å². The number of nitriles is 1. The van der Waals surface area contributed by atoms with Gasteiger partial charge in [0, 0.05) is 17.5 Å². The number of hydrogen-bond donors (Lipinski definition) is 2. The first-order chi connectivity index (χ1) is 17.1. The van der Waals surface area contributed by atoms with Crippen molar-refractivity contribution in [3.63, 3.8) is 0 Å². The van der Waals surface area contributed by atoms with Crippen molar-refractivity contribution in [3.05, 3.63) is 125 Å². The molecule has 0 saturated heterocycles. The lowest BCUT2D eigenvalue weighted by molar-refractivity contribution is 0.0747. The van der Waals surface area contributed by atoms with E-state index in [0.717, 1.165) is 40.8 Å². The minimum absolute atomic E-state index is 0.285. The molecule has 5 aromatic rings. The van der Waals surface area contributed by atoms with Crippen LogP contribution in [-0.2, 0) is 12.8 Å². The summed E-state index contributed by atoms with van der Waals surface area (Å²) in [6, 6.07) is 32.2. The highest BCUT2D eigenvalue weighted by atomic mass is 16.3. The maximum Gasteiger partial charge on any atom is 0.195 e. The molecule has 1 aromatic heterocycles. The predicted octanol–water partition coefficient (Wildman–Crippen LogP) is 5.80. The van der Waals surface area contributed by atoms with E-state index in [0.29, 0.717) is 11.1 Å². The lowest BCUT2D eigenvalue weighted by Crippen LogP contribution is -2.13. The minimum atomic E-state index is -1.39. The number of rotatable bonds is 7. The number of Topliss-reactive ketones (excluding diaryl/α,β-unsaturated/α-hetero) is 1. The van der Waals surface area contributed by atoms with Crippen molar-refractivity contribution in [1.29, 1.82) is 5.26 Å². The van der Waals surface area contributed by atoms with E-state index in [9.17, 15) is 15.2 Å². The molecule has 1 heterocycles. The number of aliphatic hydroxyl groups is 1. The number of hydrogen-bond acceptors (Lipinski definition) is 4. The zero-order valence-electron chi connectivity index (χ0n) is 19.0. The van der Waals surface area contributed by atoms with E-state index in [1.165, 1.54) is 5.56 Å². The number of nitrogens with one attached hydrogen (secondary N) is 1. The third-order valence-electron chi connectivity index (χ3n) is 6.15. The molecule has 0 bridgehead atoms. The first kappa shape index (κ1) is 22.3. The number of aryl methyl sites for hydroxylation is 2. The summed E-state index contributed by atoms with van der Waals surface area (Å²) in [5.41, 5.74) is 6.04. The Balaban J connectivity index is 1.30. The standard InChI is InChI=1S/C30H23N3O2/c31-19-24-18-23(15-16-25(24)30(35)29(34)22-6-2-1-3-7-22)21-13-10-20(11-14-21)12-17-28-32-26-8-4-5-9-27(26)33-28/h1-11,13-16,18,30,35H,12,17H2,(H,32,33). The first-order valence-electron chi connectivity index (χ1n) is 11.5. The molecule has 170 valence electrons. The second-order valence-corrected chi connectivity index (χ2v) is 8.44. The maximum absolute atomic E-state index is 12.7. The summed E-state index contributed by atoms with van der Waals surface area (Å²) in [5.74, 6) is 0.539. The summed E-state index contributed by atoms with van der Waals surface area (Å²) in [5, 5.41) is 20.3. The van der Waals surface area contributed by atoms with Gasteiger partial charge in [0.15, 0.2) is 5.78 Å². The van der Waals surface area contributed by atoms with Crippen LogP contribution in [0, 0.1) is 11.3 Å². The molecule has 0 aliphatic heterocycles. The monoisotopic (exact) mass is 457 g/mol. The molecule has 0 radical (unpaired) electrons. The second-order valence-electron chi connectivity index (χ2n) is 8.44. The smallest absolute Gasteiger partial charge is 0.195 e. The molecule has 0 fully saturated rings. The van der Waals surface area contributed by atoms with E-state index in [-0.39, 0.29) is 5.56 Å². The Kier molecular flexibility index (Phi) is 6.21. The van der Waals surface area contributed by atoms with E-state index in [4.69, 9.17) is 0 Å². The van der Waals surface area contributed by atoms with Crippen molar-refractivity contribution >= 4 is 16.8 Å². The zero-order valence-corrected chi connectivity index (χ0v) is 19.0. The van der Waals surface area contributed by atoms with E-state index < -0.39 is 11.9 Å². The molecule has 35 heavy (non-hydrogen) atoms. The number of benzene rings is 4. The van der Waals surface area contributed by atoms with Gasteiger partial charge in [0.05, 0.1) is 22.7 Å². The highest BCUT2D eigenvalue weighted by Gasteiger charge is 2.22. The SMILES string of the molecule is N#Cc1cc(-c2ccc(CCc3nc4ccccc4[nH]3)cc2)ccc1C(O)C(=O)c1ccccc1. The lowest BCUT2D eigenvalue weighted by Gasteiger charge is -2.13. The van der Waals surface area contributed by atoms with Crippen molar-refractivity contribution in [2.24, 2.45) is 0 Å². The number of fused-ring (bicyclic) bond motifs is 1. The van der Waals surface area contributed by atoms with Crippen LogP contribution in [0.2, 0.25) is 0 Å². The van der Waals surface area contributed by atoms with Crippen molar-refractivity contribution in [3.8, 4) is 17.2 Å². The number of H-pyrrole nitrogens is 1. The lowest BCUT2D eigenvalue weighted by atomic mass is 9.93. The van der Waals surface area contributed by atoms with Gasteiger partial charge in [-0.25, -0.2) is 4.98 Å². The van der Waals surface area contributed by atoms with Crippen LogP contribution in [0.15, 0.2) is 97.1 Å². The Labute approximate surface area is 203 Å². The van der Waals surface area contributed by atoms with E-state index in [1.54, 1.807) is 36.4 Å². The van der Waals surface area contributed by atoms with Gasteiger partial charge >= 0.3 is 0 Å². The summed E-state index contributed by atoms with van der Waals surface area (Å²) in [7, 11) is 0. The van der Waals surface area contributed by atoms with Crippen LogP contribution < -0.4 is 0 Å². The Bertz CT molecular complexity index is 1500. The molecule has 0 aliphatic rings. The molecule has 0 aliphatic carbocycles. The Morgan fingerprint density at radius 1 is 0.886 bits per heavy atom. The Morgan fingerprint density at radius 3 is 2.34 bits per heavy atom. The van der Waals surface area contributed by atoms with Gasteiger partial charge in [0.1, 0.15) is 11.9 Å². The molecule has 1 unspecified atom stereocenters. The average Bonchev–Trinajstić information content (AvgIpc) is 3.34. The normalized spacial score (nSPS) is 11.8. The summed E-state index contributed by atoms with van der Waals surface area (Å²) >= 11 is 0. The minimum Gasteiger partial charge on any atom is -0.380 e. The predicted molar refractivity (Wildman–Crippen MR) is 136 cm³/mol. The number of nitrogens with zero attached hydrogens (tertiary/aromatic N) is 2. The Hall–Kier alpha value is -4.53. The number of carbonyl (C=O) groups is 1. The number of carbonyl (C=O) groups excluding carboxylic acids is 1. The van der Waals surface area contributed by atoms with E-state index in [1.807, 2.05) is 48.5 Å². The molecule has 5 heteroatoms. The number of aromatic nitrogens is 2. The molecule has 0 saturated carbocycles. The highest BCUT2D eigenvalue weighted by molar-refractivity contribution is 6.00. The summed E-state index contributed by atoms with van der Waals surface area (Å²) in [6.45, 7) is 0. The molecule has 5 nitrogen and oxygen atoms in total. The van der Waals surface area contributed by atoms with Crippen LogP contribution >= 0.6 is 0 Å². The van der Waals surface area contributed by atoms with Crippen molar-refractivity contribution in [2.45, 2.75) is 18.9 Å².